The molecule has 2 aromatic rings. The molecule has 0 bridgehead atoms. The molecule has 22 heavy (non-hydrogen) atoms. The molecule has 0 fully saturated rings. The van der Waals surface area contributed by atoms with Crippen LogP contribution in [0.1, 0.15) is 15.9 Å². The first-order valence-electron chi connectivity index (χ1n) is 5.81. The van der Waals surface area contributed by atoms with Gasteiger partial charge >= 0.3 is 6.18 Å². The standard InChI is InChI=1S/C14H7F5INO/c15-9-3-7(4-10(16)6-9)13(22)21-12-5-8(14(17,18)19)1-2-11(12)20/h1-6H,(H,21,22). The number of rotatable bonds is 2. The predicted molar refractivity (Wildman–Crippen MR) is 78.5 cm³/mol. The van der Waals surface area contributed by atoms with E-state index >= 15 is 0 Å². The molecule has 8 heteroatoms. The molecule has 0 saturated heterocycles. The second kappa shape index (κ2) is 6.19. The third-order valence-corrected chi connectivity index (χ3v) is 3.61. The van der Waals surface area contributed by atoms with Crippen LogP contribution in [-0.2, 0) is 6.18 Å². The van der Waals surface area contributed by atoms with Crippen molar-refractivity contribution in [3.63, 3.8) is 0 Å². The second-order valence-corrected chi connectivity index (χ2v) is 5.47. The Morgan fingerprint density at radius 2 is 1.59 bits per heavy atom. The Morgan fingerprint density at radius 3 is 2.14 bits per heavy atom. The number of benzene rings is 2. The molecule has 0 unspecified atom stereocenters. The number of hydrogen-bond acceptors (Lipinski definition) is 1. The Labute approximate surface area is 135 Å². The highest BCUT2D eigenvalue weighted by atomic mass is 127. The molecule has 2 nitrogen and oxygen atoms in total. The van der Waals surface area contributed by atoms with Crippen LogP contribution < -0.4 is 5.32 Å². The summed E-state index contributed by atoms with van der Waals surface area (Å²) in [5.74, 6) is -2.82. The fourth-order valence-corrected chi connectivity index (χ4v) is 2.15. The Hall–Kier alpha value is -1.71. The summed E-state index contributed by atoms with van der Waals surface area (Å²) in [6.45, 7) is 0. The first kappa shape index (κ1) is 16.7. The summed E-state index contributed by atoms with van der Waals surface area (Å²) in [7, 11) is 0. The Morgan fingerprint density at radius 1 is 1.00 bits per heavy atom. The van der Waals surface area contributed by atoms with Gasteiger partial charge in [-0.3, -0.25) is 4.79 Å². The molecule has 2 aromatic carbocycles. The third kappa shape index (κ3) is 3.93. The number of nitrogens with one attached hydrogen (secondary N) is 1. The molecule has 1 amide bonds. The van der Waals surface area contributed by atoms with Crippen LogP contribution in [0, 0.1) is 15.2 Å². The van der Waals surface area contributed by atoms with Gasteiger partial charge in [-0.25, -0.2) is 8.78 Å². The number of hydrogen-bond donors (Lipinski definition) is 1. The second-order valence-electron chi connectivity index (χ2n) is 4.30. The van der Waals surface area contributed by atoms with Gasteiger partial charge in [0.25, 0.3) is 5.91 Å². The van der Waals surface area contributed by atoms with Crippen molar-refractivity contribution in [1.29, 1.82) is 0 Å². The Balaban J connectivity index is 2.32. The van der Waals surface area contributed by atoms with E-state index in [-0.39, 0.29) is 11.3 Å². The summed E-state index contributed by atoms with van der Waals surface area (Å²) in [6, 6.07) is 4.99. The predicted octanol–water partition coefficient (Wildman–Crippen LogP) is 4.84. The van der Waals surface area contributed by atoms with Gasteiger partial charge in [0.05, 0.1) is 11.3 Å². The van der Waals surface area contributed by atoms with E-state index in [1.807, 2.05) is 0 Å². The quantitative estimate of drug-likeness (QED) is 0.540. The van der Waals surface area contributed by atoms with E-state index in [2.05, 4.69) is 5.32 Å². The molecule has 0 aliphatic carbocycles. The lowest BCUT2D eigenvalue weighted by molar-refractivity contribution is -0.137. The maximum atomic E-state index is 13.1. The van der Waals surface area contributed by atoms with Crippen LogP contribution in [0.15, 0.2) is 36.4 Å². The minimum absolute atomic E-state index is 0.0925. The van der Waals surface area contributed by atoms with Crippen LogP contribution in [0.2, 0.25) is 0 Å². The van der Waals surface area contributed by atoms with Gasteiger partial charge in [0, 0.05) is 15.2 Å². The van der Waals surface area contributed by atoms with Crippen molar-refractivity contribution in [3.05, 3.63) is 62.7 Å². The van der Waals surface area contributed by atoms with Crippen LogP contribution in [0.4, 0.5) is 27.6 Å². The Bertz CT molecular complexity index is 709. The molecule has 0 aliphatic rings. The molecule has 0 atom stereocenters. The molecule has 0 spiro atoms. The summed E-state index contributed by atoms with van der Waals surface area (Å²) < 4.78 is 64.4. The van der Waals surface area contributed by atoms with E-state index in [1.165, 1.54) is 6.07 Å². The van der Waals surface area contributed by atoms with Crippen molar-refractivity contribution < 1.29 is 26.7 Å². The lowest BCUT2D eigenvalue weighted by atomic mass is 10.1. The van der Waals surface area contributed by atoms with Crippen LogP contribution >= 0.6 is 22.6 Å². The monoisotopic (exact) mass is 427 g/mol. The number of anilines is 1. The highest BCUT2D eigenvalue weighted by Gasteiger charge is 2.31. The molecule has 1 N–H and O–H groups in total. The molecule has 2 rings (SSSR count). The summed E-state index contributed by atoms with van der Waals surface area (Å²) in [4.78, 5) is 11.9. The molecular formula is C14H7F5INO. The van der Waals surface area contributed by atoms with E-state index < -0.39 is 29.3 Å². The number of carbonyl (C=O) groups excluding carboxylic acids is 1. The largest absolute Gasteiger partial charge is 0.416 e. The number of amides is 1. The zero-order chi connectivity index (χ0) is 16.5. The first-order valence-corrected chi connectivity index (χ1v) is 6.89. The van der Waals surface area contributed by atoms with Crippen molar-refractivity contribution in [2.24, 2.45) is 0 Å². The van der Waals surface area contributed by atoms with Crippen molar-refractivity contribution in [2.45, 2.75) is 6.18 Å². The van der Waals surface area contributed by atoms with Crippen LogP contribution in [0.3, 0.4) is 0 Å². The minimum Gasteiger partial charge on any atom is -0.321 e. The molecular weight excluding hydrogens is 420 g/mol. The lowest BCUT2D eigenvalue weighted by Crippen LogP contribution is -2.15. The average molecular weight is 427 g/mol. The van der Waals surface area contributed by atoms with Gasteiger partial charge in [0.2, 0.25) is 0 Å². The van der Waals surface area contributed by atoms with Crippen LogP contribution in [-0.4, -0.2) is 5.91 Å². The van der Waals surface area contributed by atoms with E-state index in [1.54, 1.807) is 22.6 Å². The van der Waals surface area contributed by atoms with Crippen molar-refractivity contribution in [2.75, 3.05) is 5.32 Å². The molecule has 116 valence electrons. The summed E-state index contributed by atoms with van der Waals surface area (Å²) in [5, 5.41) is 2.21. The number of alkyl halides is 3. The summed E-state index contributed by atoms with van der Waals surface area (Å²) >= 11 is 1.74. The zero-order valence-electron chi connectivity index (χ0n) is 10.6. The fourth-order valence-electron chi connectivity index (χ4n) is 1.68. The fraction of sp³-hybridized carbons (Fsp3) is 0.0714. The lowest BCUT2D eigenvalue weighted by Gasteiger charge is -2.12. The van der Waals surface area contributed by atoms with Gasteiger partial charge in [-0.2, -0.15) is 13.2 Å². The van der Waals surface area contributed by atoms with Crippen LogP contribution in [0.25, 0.3) is 0 Å². The summed E-state index contributed by atoms with van der Waals surface area (Å²) in [5.41, 5.74) is -1.36. The van der Waals surface area contributed by atoms with Gasteiger partial charge in [-0.05, 0) is 52.9 Å². The van der Waals surface area contributed by atoms with Gasteiger partial charge in [-0.1, -0.05) is 0 Å². The van der Waals surface area contributed by atoms with Crippen molar-refractivity contribution >= 4 is 34.2 Å². The van der Waals surface area contributed by atoms with Crippen LogP contribution in [0.5, 0.6) is 0 Å². The molecule has 0 saturated carbocycles. The smallest absolute Gasteiger partial charge is 0.321 e. The van der Waals surface area contributed by atoms with Gasteiger partial charge in [0.1, 0.15) is 11.6 Å². The normalized spacial score (nSPS) is 11.4. The molecule has 0 aliphatic heterocycles. The highest BCUT2D eigenvalue weighted by molar-refractivity contribution is 14.1. The third-order valence-electron chi connectivity index (χ3n) is 2.67. The van der Waals surface area contributed by atoms with Gasteiger partial charge < -0.3 is 5.32 Å². The number of carbonyl (C=O) groups is 1. The maximum absolute atomic E-state index is 13.1. The minimum atomic E-state index is -4.56. The topological polar surface area (TPSA) is 29.1 Å². The molecule has 0 heterocycles. The Kier molecular flexibility index (Phi) is 4.69. The van der Waals surface area contributed by atoms with E-state index in [9.17, 15) is 26.7 Å². The molecule has 0 aromatic heterocycles. The highest BCUT2D eigenvalue weighted by Crippen LogP contribution is 2.32. The van der Waals surface area contributed by atoms with Crippen molar-refractivity contribution in [1.82, 2.24) is 0 Å². The summed E-state index contributed by atoms with van der Waals surface area (Å²) in [6.07, 6.45) is -4.56. The van der Waals surface area contributed by atoms with E-state index in [0.717, 1.165) is 24.3 Å². The van der Waals surface area contributed by atoms with E-state index in [0.29, 0.717) is 9.64 Å². The number of halogens is 6. The molecule has 0 radical (unpaired) electrons. The van der Waals surface area contributed by atoms with Crippen molar-refractivity contribution in [3.8, 4) is 0 Å². The van der Waals surface area contributed by atoms with E-state index in [4.69, 9.17) is 0 Å². The maximum Gasteiger partial charge on any atom is 0.416 e. The average Bonchev–Trinajstić information content (AvgIpc) is 2.38. The van der Waals surface area contributed by atoms with Gasteiger partial charge in [0.15, 0.2) is 0 Å². The van der Waals surface area contributed by atoms with Gasteiger partial charge in [-0.15, -0.1) is 0 Å². The SMILES string of the molecule is O=C(Nc1cc(C(F)(F)F)ccc1I)c1cc(F)cc(F)c1. The zero-order valence-corrected chi connectivity index (χ0v) is 12.8. The first-order chi connectivity index (χ1) is 10.2.